The molecule has 0 bridgehead atoms. The van der Waals surface area contributed by atoms with Crippen molar-refractivity contribution in [3.8, 4) is 0 Å². The highest BCUT2D eigenvalue weighted by atomic mass is 16.3. The summed E-state index contributed by atoms with van der Waals surface area (Å²) in [7, 11) is 0. The first-order valence-electron chi connectivity index (χ1n) is 5.86. The predicted molar refractivity (Wildman–Crippen MR) is 59.7 cm³/mol. The van der Waals surface area contributed by atoms with Crippen LogP contribution in [0.5, 0.6) is 0 Å². The maximum absolute atomic E-state index is 11.3. The Morgan fingerprint density at radius 2 is 1.75 bits per heavy atom. The second-order valence-electron chi connectivity index (χ2n) is 4.37. The first-order chi connectivity index (χ1) is 7.57. The van der Waals surface area contributed by atoms with Gasteiger partial charge in [0.25, 0.3) is 0 Å². The van der Waals surface area contributed by atoms with E-state index in [1.165, 1.54) is 0 Å². The fraction of sp³-hybridized carbons (Fsp3) is 0.818. The van der Waals surface area contributed by atoms with Gasteiger partial charge in [-0.25, -0.2) is 0 Å². The topological polar surface area (TPSA) is 78.4 Å². The average Bonchev–Trinajstić information content (AvgIpc) is 2.70. The Bertz CT molecular complexity index is 260. The summed E-state index contributed by atoms with van der Waals surface area (Å²) < 4.78 is 0. The highest BCUT2D eigenvalue weighted by molar-refractivity contribution is 6.35. The molecule has 0 aromatic carbocycles. The largest absolute Gasteiger partial charge is 0.388 e. The van der Waals surface area contributed by atoms with E-state index in [1.54, 1.807) is 0 Å². The highest BCUT2D eigenvalue weighted by Gasteiger charge is 2.31. The molecular formula is C11H20N2O3. The van der Waals surface area contributed by atoms with Crippen LogP contribution in [0.2, 0.25) is 0 Å². The van der Waals surface area contributed by atoms with Crippen molar-refractivity contribution < 1.29 is 14.7 Å². The van der Waals surface area contributed by atoms with Gasteiger partial charge in [-0.15, -0.1) is 0 Å². The molecule has 2 amide bonds. The van der Waals surface area contributed by atoms with Gasteiger partial charge in [-0.2, -0.15) is 0 Å². The van der Waals surface area contributed by atoms with E-state index in [1.807, 2.05) is 6.92 Å². The lowest BCUT2D eigenvalue weighted by molar-refractivity contribution is -0.139. The summed E-state index contributed by atoms with van der Waals surface area (Å²) in [5, 5.41) is 14.9. The number of rotatable bonds is 4. The molecule has 1 fully saturated rings. The van der Waals surface area contributed by atoms with Crippen molar-refractivity contribution in [1.29, 1.82) is 0 Å². The van der Waals surface area contributed by atoms with E-state index in [-0.39, 0.29) is 6.54 Å². The minimum Gasteiger partial charge on any atom is -0.388 e. The third-order valence-electron chi connectivity index (χ3n) is 2.85. The Morgan fingerprint density at radius 3 is 2.31 bits per heavy atom. The minimum atomic E-state index is -0.805. The number of nitrogens with one attached hydrogen (secondary N) is 2. The lowest BCUT2D eigenvalue weighted by Crippen LogP contribution is -2.46. The molecule has 0 spiro atoms. The molecule has 5 nitrogen and oxygen atoms in total. The molecule has 0 heterocycles. The van der Waals surface area contributed by atoms with Gasteiger partial charge < -0.3 is 15.7 Å². The Morgan fingerprint density at radius 1 is 1.19 bits per heavy atom. The molecule has 5 heteroatoms. The SMILES string of the molecule is CCCNC(=O)C(=O)NCC1(O)CCCC1. The summed E-state index contributed by atoms with van der Waals surface area (Å²) in [6, 6.07) is 0. The van der Waals surface area contributed by atoms with Crippen molar-refractivity contribution in [2.24, 2.45) is 0 Å². The zero-order valence-corrected chi connectivity index (χ0v) is 9.71. The van der Waals surface area contributed by atoms with E-state index in [0.29, 0.717) is 19.4 Å². The van der Waals surface area contributed by atoms with Crippen molar-refractivity contribution >= 4 is 11.8 Å². The highest BCUT2D eigenvalue weighted by Crippen LogP contribution is 2.28. The normalized spacial score (nSPS) is 18.1. The van der Waals surface area contributed by atoms with E-state index >= 15 is 0 Å². The van der Waals surface area contributed by atoms with Gasteiger partial charge in [-0.05, 0) is 19.3 Å². The summed E-state index contributed by atoms with van der Waals surface area (Å²) in [5.41, 5.74) is -0.805. The molecule has 1 aliphatic rings. The standard InChI is InChI=1S/C11H20N2O3/c1-2-7-12-9(14)10(15)13-8-11(16)5-3-4-6-11/h16H,2-8H2,1H3,(H,12,14)(H,13,15). The van der Waals surface area contributed by atoms with Crippen LogP contribution >= 0.6 is 0 Å². The van der Waals surface area contributed by atoms with Crippen molar-refractivity contribution in [1.82, 2.24) is 10.6 Å². The Balaban J connectivity index is 2.26. The molecule has 0 atom stereocenters. The number of hydrogen-bond donors (Lipinski definition) is 3. The van der Waals surface area contributed by atoms with Gasteiger partial charge in [0.15, 0.2) is 0 Å². The van der Waals surface area contributed by atoms with Crippen molar-refractivity contribution in [2.45, 2.75) is 44.6 Å². The van der Waals surface area contributed by atoms with E-state index in [4.69, 9.17) is 0 Å². The molecule has 0 saturated heterocycles. The Kier molecular flexibility index (Phi) is 4.73. The Hall–Kier alpha value is -1.10. The van der Waals surface area contributed by atoms with Gasteiger partial charge >= 0.3 is 11.8 Å². The molecule has 0 aromatic rings. The van der Waals surface area contributed by atoms with Crippen LogP contribution in [-0.4, -0.2) is 35.6 Å². The molecule has 92 valence electrons. The fourth-order valence-corrected chi connectivity index (χ4v) is 1.85. The van der Waals surface area contributed by atoms with Crippen molar-refractivity contribution in [3.63, 3.8) is 0 Å². The molecule has 0 unspecified atom stereocenters. The number of carbonyl (C=O) groups is 2. The number of aliphatic hydroxyl groups is 1. The lowest BCUT2D eigenvalue weighted by Gasteiger charge is -2.21. The zero-order valence-electron chi connectivity index (χ0n) is 9.71. The second-order valence-corrected chi connectivity index (χ2v) is 4.37. The molecule has 1 rings (SSSR count). The van der Waals surface area contributed by atoms with Gasteiger partial charge in [0, 0.05) is 13.1 Å². The summed E-state index contributed by atoms with van der Waals surface area (Å²) in [5.74, 6) is -1.28. The maximum atomic E-state index is 11.3. The molecular weight excluding hydrogens is 208 g/mol. The first kappa shape index (κ1) is 13.0. The van der Waals surface area contributed by atoms with Crippen molar-refractivity contribution in [3.05, 3.63) is 0 Å². The molecule has 0 aromatic heterocycles. The van der Waals surface area contributed by atoms with Crippen LogP contribution in [0, 0.1) is 0 Å². The van der Waals surface area contributed by atoms with Crippen LogP contribution < -0.4 is 10.6 Å². The fourth-order valence-electron chi connectivity index (χ4n) is 1.85. The summed E-state index contributed by atoms with van der Waals surface area (Å²) in [4.78, 5) is 22.5. The van der Waals surface area contributed by atoms with Crippen LogP contribution in [0.3, 0.4) is 0 Å². The monoisotopic (exact) mass is 228 g/mol. The number of carbonyl (C=O) groups excluding carboxylic acids is 2. The van der Waals surface area contributed by atoms with Gasteiger partial charge in [0.05, 0.1) is 5.60 Å². The molecule has 16 heavy (non-hydrogen) atoms. The van der Waals surface area contributed by atoms with Gasteiger partial charge in [-0.3, -0.25) is 9.59 Å². The molecule has 1 saturated carbocycles. The smallest absolute Gasteiger partial charge is 0.309 e. The van der Waals surface area contributed by atoms with E-state index in [2.05, 4.69) is 10.6 Å². The molecule has 1 aliphatic carbocycles. The zero-order chi connectivity index (χ0) is 12.0. The van der Waals surface area contributed by atoms with Crippen molar-refractivity contribution in [2.75, 3.05) is 13.1 Å². The van der Waals surface area contributed by atoms with Crippen LogP contribution in [0.15, 0.2) is 0 Å². The number of hydrogen-bond acceptors (Lipinski definition) is 3. The van der Waals surface area contributed by atoms with Crippen LogP contribution in [0.1, 0.15) is 39.0 Å². The predicted octanol–water partition coefficient (Wildman–Crippen LogP) is -0.0661. The lowest BCUT2D eigenvalue weighted by atomic mass is 10.0. The van der Waals surface area contributed by atoms with Crippen LogP contribution in [-0.2, 0) is 9.59 Å². The second kappa shape index (κ2) is 5.84. The third-order valence-corrected chi connectivity index (χ3v) is 2.85. The Labute approximate surface area is 95.6 Å². The summed E-state index contributed by atoms with van der Waals surface area (Å²) in [6.45, 7) is 2.58. The average molecular weight is 228 g/mol. The van der Waals surface area contributed by atoms with Crippen LogP contribution in [0.25, 0.3) is 0 Å². The molecule has 0 aliphatic heterocycles. The van der Waals surface area contributed by atoms with E-state index in [9.17, 15) is 14.7 Å². The van der Waals surface area contributed by atoms with E-state index < -0.39 is 17.4 Å². The van der Waals surface area contributed by atoms with Gasteiger partial charge in [0.1, 0.15) is 0 Å². The van der Waals surface area contributed by atoms with Gasteiger partial charge in [-0.1, -0.05) is 19.8 Å². The summed E-state index contributed by atoms with van der Waals surface area (Å²) >= 11 is 0. The van der Waals surface area contributed by atoms with Gasteiger partial charge in [0.2, 0.25) is 0 Å². The quantitative estimate of drug-likeness (QED) is 0.590. The molecule has 3 N–H and O–H groups in total. The maximum Gasteiger partial charge on any atom is 0.309 e. The third kappa shape index (κ3) is 3.81. The van der Waals surface area contributed by atoms with Crippen LogP contribution in [0.4, 0.5) is 0 Å². The van der Waals surface area contributed by atoms with E-state index in [0.717, 1.165) is 19.3 Å². The first-order valence-corrected chi connectivity index (χ1v) is 5.86. The summed E-state index contributed by atoms with van der Waals surface area (Å²) in [6.07, 6.45) is 4.15. The number of amides is 2. The minimum absolute atomic E-state index is 0.172. The molecule has 0 radical (unpaired) electrons.